The zero-order valence-corrected chi connectivity index (χ0v) is 39.3. The number of nitrogens with one attached hydrogen (secondary N) is 1. The van der Waals surface area contributed by atoms with Gasteiger partial charge < -0.3 is 38.8 Å². The normalized spacial score (nSPS) is 19.5. The molecule has 11 nitrogen and oxygen atoms in total. The molecule has 1 aliphatic heterocycles. The molecule has 61 heavy (non-hydrogen) atoms. The maximum atomic E-state index is 13.8. The van der Waals surface area contributed by atoms with Crippen molar-refractivity contribution < 1.29 is 47.9 Å². The summed E-state index contributed by atoms with van der Waals surface area (Å²) in [6.07, 6.45) is 18.0. The van der Waals surface area contributed by atoms with Crippen molar-refractivity contribution >= 4 is 52.8 Å². The first-order valence-electron chi connectivity index (χ1n) is 23.0. The van der Waals surface area contributed by atoms with Crippen molar-refractivity contribution in [2.75, 3.05) is 19.8 Å². The van der Waals surface area contributed by atoms with Crippen LogP contribution in [0, 0.1) is 0 Å². The molecule has 0 aliphatic carbocycles. The van der Waals surface area contributed by atoms with Crippen LogP contribution in [0.4, 0.5) is 4.79 Å². The fraction of sp³-hybridized carbons (Fsp3) is 0.766. The number of alkyl carbamates (subject to hydrolysis) is 1. The van der Waals surface area contributed by atoms with Crippen LogP contribution in [0.25, 0.3) is 0 Å². The molecule has 0 aromatic heterocycles. The van der Waals surface area contributed by atoms with Gasteiger partial charge in [-0.1, -0.05) is 201 Å². The lowest BCUT2D eigenvalue weighted by molar-refractivity contribution is -0.273. The predicted octanol–water partition coefficient (Wildman–Crippen LogP) is 11.8. The van der Waals surface area contributed by atoms with Gasteiger partial charge in [-0.05, 0) is 24.8 Å². The van der Waals surface area contributed by atoms with Crippen LogP contribution in [-0.2, 0) is 44.6 Å². The number of alkyl halides is 3. The second kappa shape index (κ2) is 34.3. The lowest BCUT2D eigenvalue weighted by atomic mass is 9.96. The topological polar surface area (TPSA) is 139 Å². The molecule has 0 saturated carbocycles. The second-order valence-corrected chi connectivity index (χ2v) is 18.7. The minimum absolute atomic E-state index is 0.00368. The van der Waals surface area contributed by atoms with Crippen molar-refractivity contribution in [1.29, 1.82) is 0 Å². The van der Waals surface area contributed by atoms with Gasteiger partial charge in [-0.2, -0.15) is 0 Å². The first-order chi connectivity index (χ1) is 29.5. The number of carbonyl (C=O) groups excluding carboxylic acids is 3. The Bertz CT molecular complexity index is 1300. The Hall–Kier alpha value is -2.12. The van der Waals surface area contributed by atoms with E-state index in [4.69, 9.17) is 63.2 Å². The highest BCUT2D eigenvalue weighted by molar-refractivity contribution is 6.67. The van der Waals surface area contributed by atoms with Gasteiger partial charge in [0.15, 0.2) is 12.4 Å². The van der Waals surface area contributed by atoms with Crippen molar-refractivity contribution in [3.63, 3.8) is 0 Å². The molecule has 1 aliphatic rings. The summed E-state index contributed by atoms with van der Waals surface area (Å²) >= 11 is 17.4. The molecule has 2 N–H and O–H groups in total. The van der Waals surface area contributed by atoms with E-state index in [9.17, 15) is 19.5 Å². The van der Waals surface area contributed by atoms with Crippen molar-refractivity contribution in [1.82, 2.24) is 5.32 Å². The van der Waals surface area contributed by atoms with Crippen LogP contribution in [0.3, 0.4) is 0 Å². The maximum absolute atomic E-state index is 13.8. The monoisotopic (exact) mass is 919 g/mol. The Morgan fingerprint density at radius 2 is 1.38 bits per heavy atom. The largest absolute Gasteiger partial charge is 0.462 e. The van der Waals surface area contributed by atoms with Crippen LogP contribution in [0.2, 0.25) is 0 Å². The van der Waals surface area contributed by atoms with E-state index in [0.29, 0.717) is 6.42 Å². The summed E-state index contributed by atoms with van der Waals surface area (Å²) in [5.74, 6) is -1.08. The van der Waals surface area contributed by atoms with Crippen LogP contribution >= 0.6 is 34.8 Å². The van der Waals surface area contributed by atoms with Gasteiger partial charge in [0, 0.05) is 6.42 Å². The molecule has 0 spiro atoms. The van der Waals surface area contributed by atoms with Gasteiger partial charge in [0.05, 0.1) is 26.2 Å². The third-order valence-corrected chi connectivity index (χ3v) is 11.0. The van der Waals surface area contributed by atoms with Gasteiger partial charge in [0.2, 0.25) is 3.79 Å². The second-order valence-electron chi connectivity index (χ2n) is 16.2. The van der Waals surface area contributed by atoms with Crippen molar-refractivity contribution in [2.45, 2.75) is 209 Å². The van der Waals surface area contributed by atoms with Crippen LogP contribution in [0.1, 0.15) is 167 Å². The van der Waals surface area contributed by atoms with Crippen molar-refractivity contribution in [2.24, 2.45) is 0 Å². The SMILES string of the molecule is C=CCO[C@H]1OC(COCc2ccccc2)[C@@H](O)[C@H](OC(=O)C[C@@H](CCCCCCCCCCC)OC(=O)CCCCCCCCCCCCC)C1NC(=O)OCC(Cl)(Cl)Cl. The summed E-state index contributed by atoms with van der Waals surface area (Å²) < 4.78 is 33.0. The molecule has 2 rings (SSSR count). The number of carbonyl (C=O) groups is 3. The molecule has 2 unspecified atom stereocenters. The number of benzene rings is 1. The third-order valence-electron chi connectivity index (χ3n) is 10.7. The van der Waals surface area contributed by atoms with Gasteiger partial charge in [-0.15, -0.1) is 6.58 Å². The van der Waals surface area contributed by atoms with Gasteiger partial charge in [0.25, 0.3) is 0 Å². The molecule has 1 amide bonds. The van der Waals surface area contributed by atoms with Gasteiger partial charge in [-0.3, -0.25) is 9.59 Å². The number of esters is 2. The standard InChI is InChI=1S/C47H76Cl3NO10/c1-4-7-9-11-13-15-16-18-20-22-27-31-40(52)59-38(30-26-21-19-17-14-12-10-8-5-2)33-41(53)61-44-42(51-46(55)58-36-47(48,49)50)45(57-32-6-3)60-39(43(44)54)35-56-34-37-28-24-23-25-29-37/h6,23-25,28-29,38-39,42-45,54H,3-5,7-22,26-27,30-36H2,1-2H3,(H,51,55)/t38-,39?,42?,43-,44-,45+/m1/s1. The van der Waals surface area contributed by atoms with Gasteiger partial charge in [-0.25, -0.2) is 4.79 Å². The van der Waals surface area contributed by atoms with E-state index in [1.54, 1.807) is 0 Å². The van der Waals surface area contributed by atoms with E-state index in [-0.39, 0.29) is 38.6 Å². The van der Waals surface area contributed by atoms with E-state index in [0.717, 1.165) is 56.9 Å². The van der Waals surface area contributed by atoms with Crippen LogP contribution < -0.4 is 5.32 Å². The van der Waals surface area contributed by atoms with Crippen LogP contribution in [0.15, 0.2) is 43.0 Å². The zero-order valence-electron chi connectivity index (χ0n) is 37.0. The van der Waals surface area contributed by atoms with Gasteiger partial charge in [0.1, 0.15) is 31.0 Å². The smallest absolute Gasteiger partial charge is 0.407 e. The number of unbranched alkanes of at least 4 members (excludes halogenated alkanes) is 18. The number of ether oxygens (including phenoxy) is 6. The molecule has 350 valence electrons. The molecule has 1 aromatic rings. The molecule has 1 fully saturated rings. The highest BCUT2D eigenvalue weighted by Crippen LogP contribution is 2.29. The Labute approximate surface area is 381 Å². The van der Waals surface area contributed by atoms with Crippen molar-refractivity contribution in [3.05, 3.63) is 48.6 Å². The fourth-order valence-electron chi connectivity index (χ4n) is 7.29. The number of hydrogen-bond donors (Lipinski definition) is 2. The Balaban J connectivity index is 2.13. The zero-order chi connectivity index (χ0) is 44.6. The Morgan fingerprint density at radius 1 is 0.820 bits per heavy atom. The van der Waals surface area contributed by atoms with E-state index >= 15 is 0 Å². The molecule has 6 atom stereocenters. The number of aliphatic hydroxyl groups is 1. The molecular weight excluding hydrogens is 845 g/mol. The summed E-state index contributed by atoms with van der Waals surface area (Å²) in [4.78, 5) is 39.9. The minimum atomic E-state index is -1.89. The average Bonchev–Trinajstić information content (AvgIpc) is 3.23. The Morgan fingerprint density at radius 3 is 1.93 bits per heavy atom. The fourth-order valence-corrected chi connectivity index (χ4v) is 7.46. The first kappa shape index (κ1) is 55.0. The third kappa shape index (κ3) is 27.0. The van der Waals surface area contributed by atoms with E-state index in [2.05, 4.69) is 25.7 Å². The van der Waals surface area contributed by atoms with Crippen molar-refractivity contribution in [3.8, 4) is 0 Å². The van der Waals surface area contributed by atoms with Crippen LogP contribution in [0.5, 0.6) is 0 Å². The molecule has 0 bridgehead atoms. The number of hydrogen-bond acceptors (Lipinski definition) is 10. The summed E-state index contributed by atoms with van der Waals surface area (Å²) in [5.41, 5.74) is 0.905. The molecule has 1 saturated heterocycles. The summed E-state index contributed by atoms with van der Waals surface area (Å²) in [7, 11) is 0. The summed E-state index contributed by atoms with van der Waals surface area (Å²) in [5, 5.41) is 14.2. The maximum Gasteiger partial charge on any atom is 0.407 e. The minimum Gasteiger partial charge on any atom is -0.462 e. The summed E-state index contributed by atoms with van der Waals surface area (Å²) in [6.45, 7) is 7.68. The van der Waals surface area contributed by atoms with Gasteiger partial charge >= 0.3 is 18.0 Å². The molecule has 1 heterocycles. The Kier molecular flexibility index (Phi) is 30.9. The molecular formula is C47H76Cl3NO10. The first-order valence-corrected chi connectivity index (χ1v) is 24.2. The molecule has 1 aromatic carbocycles. The lowest BCUT2D eigenvalue weighted by Gasteiger charge is -2.43. The lowest BCUT2D eigenvalue weighted by Crippen LogP contribution is -2.66. The number of halogens is 3. The van der Waals surface area contributed by atoms with E-state index in [1.807, 2.05) is 30.3 Å². The number of aliphatic hydroxyl groups excluding tert-OH is 1. The average molecular weight is 921 g/mol. The van der Waals surface area contributed by atoms with E-state index in [1.165, 1.54) is 83.1 Å². The molecule has 14 heteroatoms. The van der Waals surface area contributed by atoms with E-state index < -0.39 is 59.2 Å². The summed E-state index contributed by atoms with van der Waals surface area (Å²) in [6, 6.07) is 8.19. The molecule has 0 radical (unpaired) electrons. The number of rotatable bonds is 35. The number of amides is 1. The quantitative estimate of drug-likeness (QED) is 0.0222. The van der Waals surface area contributed by atoms with Crippen LogP contribution in [-0.4, -0.2) is 83.5 Å². The predicted molar refractivity (Wildman–Crippen MR) is 243 cm³/mol. The highest BCUT2D eigenvalue weighted by Gasteiger charge is 2.49. The highest BCUT2D eigenvalue weighted by atomic mass is 35.6.